The molecule has 8 nitrogen and oxygen atoms in total. The predicted molar refractivity (Wildman–Crippen MR) is 126 cm³/mol. The van der Waals surface area contributed by atoms with Gasteiger partial charge in [-0.05, 0) is 56.4 Å². The van der Waals surface area contributed by atoms with Crippen molar-refractivity contribution < 1.29 is 9.59 Å². The quantitative estimate of drug-likeness (QED) is 0.750. The molecule has 3 fully saturated rings. The minimum absolute atomic E-state index is 0.0974. The van der Waals surface area contributed by atoms with E-state index in [0.29, 0.717) is 24.0 Å². The van der Waals surface area contributed by atoms with Crippen molar-refractivity contribution in [2.24, 2.45) is 0 Å². The van der Waals surface area contributed by atoms with Crippen LogP contribution in [0.25, 0.3) is 0 Å². The number of benzene rings is 1. The van der Waals surface area contributed by atoms with E-state index in [9.17, 15) is 9.59 Å². The maximum absolute atomic E-state index is 12.9. The standard InChI is InChI=1S/C25H30N6O2/c32-22(30-13-3-4-14-30)17-7-9-19(10-8-17)28-24-27-16-18-15-25(11-12-26-23(25)33)31(21(18)29-24)20-5-1-2-6-20/h7-10,16,20H,1-6,11-15H2,(H,26,33)(H,27,28,29)/t25-/m1/s1. The number of amides is 2. The van der Waals surface area contributed by atoms with Crippen molar-refractivity contribution in [3.8, 4) is 0 Å². The smallest absolute Gasteiger partial charge is 0.253 e. The zero-order chi connectivity index (χ0) is 22.4. The van der Waals surface area contributed by atoms with Crippen LogP contribution in [0.1, 0.15) is 60.9 Å². The van der Waals surface area contributed by atoms with Crippen molar-refractivity contribution in [2.75, 3.05) is 29.9 Å². The topological polar surface area (TPSA) is 90.5 Å². The third-order valence-corrected chi connectivity index (χ3v) is 7.73. The summed E-state index contributed by atoms with van der Waals surface area (Å²) in [6.07, 6.45) is 10.1. The van der Waals surface area contributed by atoms with Crippen LogP contribution in [0.15, 0.2) is 30.5 Å². The SMILES string of the molecule is O=C(c1ccc(Nc2ncc3c(n2)N(C2CCCC2)[C@]2(CCNC2=O)C3)cc1)N1CCCC1. The number of carbonyl (C=O) groups excluding carboxylic acids is 2. The molecule has 0 unspecified atom stereocenters. The van der Waals surface area contributed by atoms with Gasteiger partial charge in [-0.3, -0.25) is 9.59 Å². The predicted octanol–water partition coefficient (Wildman–Crippen LogP) is 3.02. The number of hydrogen-bond acceptors (Lipinski definition) is 6. The van der Waals surface area contributed by atoms with Crippen LogP contribution in [0.2, 0.25) is 0 Å². The van der Waals surface area contributed by atoms with E-state index in [1.807, 2.05) is 35.4 Å². The summed E-state index contributed by atoms with van der Waals surface area (Å²) in [6, 6.07) is 7.88. The van der Waals surface area contributed by atoms with Crippen molar-refractivity contribution in [3.63, 3.8) is 0 Å². The van der Waals surface area contributed by atoms with Gasteiger partial charge in [0.25, 0.3) is 5.91 Å². The Hall–Kier alpha value is -3.16. The number of likely N-dealkylation sites (tertiary alicyclic amines) is 1. The van der Waals surface area contributed by atoms with Gasteiger partial charge in [-0.15, -0.1) is 0 Å². The molecule has 2 amide bonds. The third kappa shape index (κ3) is 3.43. The fourth-order valence-electron chi connectivity index (χ4n) is 6.07. The minimum Gasteiger partial charge on any atom is -0.354 e. The Morgan fingerprint density at radius 2 is 1.85 bits per heavy atom. The molecule has 1 spiro atoms. The second kappa shape index (κ2) is 8.01. The van der Waals surface area contributed by atoms with Crippen LogP contribution in [0.3, 0.4) is 0 Å². The molecule has 1 aromatic heterocycles. The highest BCUT2D eigenvalue weighted by atomic mass is 16.2. The molecule has 1 aromatic carbocycles. The second-order valence-corrected chi connectivity index (χ2v) is 9.77. The van der Waals surface area contributed by atoms with Gasteiger partial charge >= 0.3 is 0 Å². The lowest BCUT2D eigenvalue weighted by Crippen LogP contribution is -2.56. The fraction of sp³-hybridized carbons (Fsp3) is 0.520. The van der Waals surface area contributed by atoms with Gasteiger partial charge in [-0.25, -0.2) is 4.98 Å². The minimum atomic E-state index is -0.512. The molecule has 1 atom stereocenters. The highest BCUT2D eigenvalue weighted by Crippen LogP contribution is 2.46. The van der Waals surface area contributed by atoms with Gasteiger partial charge in [-0.2, -0.15) is 4.98 Å². The van der Waals surface area contributed by atoms with Gasteiger partial charge in [0.1, 0.15) is 11.4 Å². The molecule has 2 saturated heterocycles. The van der Waals surface area contributed by atoms with Crippen molar-refractivity contribution in [1.82, 2.24) is 20.2 Å². The summed E-state index contributed by atoms with van der Waals surface area (Å²) < 4.78 is 0. The van der Waals surface area contributed by atoms with Crippen molar-refractivity contribution in [3.05, 3.63) is 41.6 Å². The number of anilines is 3. The van der Waals surface area contributed by atoms with E-state index in [1.54, 1.807) is 0 Å². The van der Waals surface area contributed by atoms with Gasteiger partial charge in [0, 0.05) is 55.1 Å². The van der Waals surface area contributed by atoms with Gasteiger partial charge < -0.3 is 20.4 Å². The first-order chi connectivity index (χ1) is 16.1. The van der Waals surface area contributed by atoms with E-state index in [2.05, 4.69) is 20.5 Å². The van der Waals surface area contributed by atoms with Crippen LogP contribution in [0, 0.1) is 0 Å². The molecule has 33 heavy (non-hydrogen) atoms. The summed E-state index contributed by atoms with van der Waals surface area (Å²) in [5.74, 6) is 1.64. The average molecular weight is 447 g/mol. The molecule has 6 rings (SSSR count). The maximum atomic E-state index is 12.9. The van der Waals surface area contributed by atoms with E-state index >= 15 is 0 Å². The molecule has 2 N–H and O–H groups in total. The molecule has 8 heteroatoms. The lowest BCUT2D eigenvalue weighted by molar-refractivity contribution is -0.123. The summed E-state index contributed by atoms with van der Waals surface area (Å²) in [5.41, 5.74) is 2.09. The van der Waals surface area contributed by atoms with Crippen LogP contribution in [-0.4, -0.2) is 57.9 Å². The Morgan fingerprint density at radius 3 is 2.55 bits per heavy atom. The zero-order valence-corrected chi connectivity index (χ0v) is 18.8. The van der Waals surface area contributed by atoms with E-state index in [-0.39, 0.29) is 11.8 Å². The number of carbonyl (C=O) groups is 2. The number of rotatable bonds is 4. The van der Waals surface area contributed by atoms with Crippen LogP contribution >= 0.6 is 0 Å². The highest BCUT2D eigenvalue weighted by Gasteiger charge is 2.55. The number of hydrogen-bond donors (Lipinski definition) is 2. The molecule has 172 valence electrons. The van der Waals surface area contributed by atoms with E-state index in [0.717, 1.165) is 68.8 Å². The molecular weight excluding hydrogens is 416 g/mol. The second-order valence-electron chi connectivity index (χ2n) is 9.77. The Kier molecular flexibility index (Phi) is 4.96. The largest absolute Gasteiger partial charge is 0.354 e. The molecule has 2 aromatic rings. The van der Waals surface area contributed by atoms with E-state index in [4.69, 9.17) is 4.98 Å². The molecule has 0 radical (unpaired) electrons. The first-order valence-corrected chi connectivity index (χ1v) is 12.2. The molecule has 1 saturated carbocycles. The lowest BCUT2D eigenvalue weighted by Gasteiger charge is -2.38. The summed E-state index contributed by atoms with van der Waals surface area (Å²) in [5, 5.41) is 6.35. The molecule has 4 aliphatic rings. The Labute approximate surface area is 193 Å². The first-order valence-electron chi connectivity index (χ1n) is 12.2. The number of nitrogens with zero attached hydrogens (tertiary/aromatic N) is 4. The number of nitrogens with one attached hydrogen (secondary N) is 2. The Balaban J connectivity index is 1.25. The van der Waals surface area contributed by atoms with Crippen LogP contribution in [0.5, 0.6) is 0 Å². The first kappa shape index (κ1) is 20.4. The molecule has 0 bridgehead atoms. The summed E-state index contributed by atoms with van der Waals surface area (Å²) >= 11 is 0. The van der Waals surface area contributed by atoms with Crippen LogP contribution in [-0.2, 0) is 11.2 Å². The van der Waals surface area contributed by atoms with Crippen LogP contribution < -0.4 is 15.5 Å². The van der Waals surface area contributed by atoms with Gasteiger partial charge in [0.2, 0.25) is 11.9 Å². The summed E-state index contributed by atoms with van der Waals surface area (Å²) in [6.45, 7) is 2.41. The van der Waals surface area contributed by atoms with Gasteiger partial charge in [-0.1, -0.05) is 12.8 Å². The van der Waals surface area contributed by atoms with Crippen molar-refractivity contribution in [2.45, 2.75) is 62.9 Å². The fourth-order valence-corrected chi connectivity index (χ4v) is 6.07. The lowest BCUT2D eigenvalue weighted by atomic mass is 9.91. The van der Waals surface area contributed by atoms with Gasteiger partial charge in [0.15, 0.2) is 0 Å². The average Bonchev–Trinajstić information content (AvgIpc) is 3.62. The molecule has 1 aliphatic carbocycles. The summed E-state index contributed by atoms with van der Waals surface area (Å²) in [7, 11) is 0. The molecule has 4 heterocycles. The van der Waals surface area contributed by atoms with Crippen LogP contribution in [0.4, 0.5) is 17.5 Å². The number of fused-ring (bicyclic) bond motifs is 1. The maximum Gasteiger partial charge on any atom is 0.253 e. The van der Waals surface area contributed by atoms with Crippen molar-refractivity contribution >= 4 is 29.3 Å². The highest BCUT2D eigenvalue weighted by molar-refractivity contribution is 5.95. The normalized spacial score (nSPS) is 24.5. The zero-order valence-electron chi connectivity index (χ0n) is 18.8. The third-order valence-electron chi connectivity index (χ3n) is 7.73. The molecule has 3 aliphatic heterocycles. The monoisotopic (exact) mass is 446 g/mol. The van der Waals surface area contributed by atoms with Crippen molar-refractivity contribution in [1.29, 1.82) is 0 Å². The molecular formula is C25H30N6O2. The number of aromatic nitrogens is 2. The summed E-state index contributed by atoms with van der Waals surface area (Å²) in [4.78, 5) is 39.2. The Morgan fingerprint density at radius 1 is 1.09 bits per heavy atom. The van der Waals surface area contributed by atoms with E-state index < -0.39 is 5.54 Å². The van der Waals surface area contributed by atoms with Gasteiger partial charge in [0.05, 0.1) is 0 Å². The Bertz CT molecular complexity index is 1070. The van der Waals surface area contributed by atoms with E-state index in [1.165, 1.54) is 12.8 Å².